The molecule has 0 saturated carbocycles. The number of hydrogen-bond acceptors (Lipinski definition) is 4. The lowest BCUT2D eigenvalue weighted by Gasteiger charge is -2.02. The van der Waals surface area contributed by atoms with Gasteiger partial charge in [-0.15, -0.1) is 5.53 Å². The number of benzene rings is 1. The highest BCUT2D eigenvalue weighted by atomic mass is 79.9. The largest absolute Gasteiger partial charge is 0.301 e. The van der Waals surface area contributed by atoms with E-state index in [2.05, 4.69) is 38.4 Å². The average Bonchev–Trinajstić information content (AvgIpc) is 2.67. The van der Waals surface area contributed by atoms with Crippen LogP contribution in [0.25, 0.3) is 5.70 Å². The highest BCUT2D eigenvalue weighted by Gasteiger charge is 2.13. The number of rotatable bonds is 1. The van der Waals surface area contributed by atoms with Crippen molar-refractivity contribution in [1.29, 1.82) is 5.26 Å². The molecule has 1 aliphatic heterocycles. The molecule has 0 amide bonds. The summed E-state index contributed by atoms with van der Waals surface area (Å²) in [4.78, 5) is 0. The van der Waals surface area contributed by atoms with Crippen molar-refractivity contribution in [1.82, 2.24) is 16.4 Å². The van der Waals surface area contributed by atoms with E-state index in [4.69, 9.17) is 5.26 Å². The van der Waals surface area contributed by atoms with Crippen LogP contribution in [0.2, 0.25) is 0 Å². The van der Waals surface area contributed by atoms with Gasteiger partial charge < -0.3 is 5.43 Å². The van der Waals surface area contributed by atoms with Gasteiger partial charge in [0.05, 0.1) is 5.70 Å². The van der Waals surface area contributed by atoms with Crippen LogP contribution in [-0.4, -0.2) is 0 Å². The summed E-state index contributed by atoms with van der Waals surface area (Å²) < 4.78 is 1.01. The number of allylic oxidation sites excluding steroid dienone is 1. The minimum Gasteiger partial charge on any atom is -0.301 e. The van der Waals surface area contributed by atoms with Crippen molar-refractivity contribution in [2.45, 2.75) is 0 Å². The van der Waals surface area contributed by atoms with E-state index in [1.807, 2.05) is 24.3 Å². The van der Waals surface area contributed by atoms with Gasteiger partial charge in [0.1, 0.15) is 6.07 Å². The van der Waals surface area contributed by atoms with Crippen molar-refractivity contribution in [2.24, 2.45) is 0 Å². The second-order valence-electron chi connectivity index (χ2n) is 2.74. The van der Waals surface area contributed by atoms with E-state index in [0.717, 1.165) is 15.7 Å². The van der Waals surface area contributed by atoms with Gasteiger partial charge in [0.25, 0.3) is 0 Å². The molecule has 1 aliphatic rings. The molecule has 3 N–H and O–H groups in total. The fourth-order valence-corrected chi connectivity index (χ4v) is 1.46. The summed E-state index contributed by atoms with van der Waals surface area (Å²) in [6.07, 6.45) is 0. The minimum atomic E-state index is 0.493. The first-order valence-electron chi connectivity index (χ1n) is 3.98. The standard InChI is InChI=1S/C9H7BrN4/c10-7-3-1-6(2-4-7)9-8(5-11)12-14-13-9/h1-4,12-14H. The van der Waals surface area contributed by atoms with Gasteiger partial charge in [-0.25, -0.2) is 0 Å². The van der Waals surface area contributed by atoms with Gasteiger partial charge in [-0.2, -0.15) is 5.26 Å². The van der Waals surface area contributed by atoms with Crippen LogP contribution >= 0.6 is 15.9 Å². The van der Waals surface area contributed by atoms with Gasteiger partial charge in [0.2, 0.25) is 0 Å². The Labute approximate surface area is 89.7 Å². The fraction of sp³-hybridized carbons (Fsp3) is 0. The maximum absolute atomic E-state index is 8.79. The van der Waals surface area contributed by atoms with Crippen LogP contribution in [0.4, 0.5) is 0 Å². The van der Waals surface area contributed by atoms with Crippen molar-refractivity contribution < 1.29 is 0 Å². The Balaban J connectivity index is 2.41. The van der Waals surface area contributed by atoms with Crippen LogP contribution in [0.1, 0.15) is 5.56 Å². The van der Waals surface area contributed by atoms with Crippen LogP contribution in [0.3, 0.4) is 0 Å². The zero-order valence-corrected chi connectivity index (χ0v) is 8.72. The molecule has 70 valence electrons. The summed E-state index contributed by atoms with van der Waals surface area (Å²) in [5.74, 6) is 0. The van der Waals surface area contributed by atoms with Gasteiger partial charge in [-0.1, -0.05) is 28.1 Å². The molecule has 4 nitrogen and oxygen atoms in total. The van der Waals surface area contributed by atoms with Gasteiger partial charge >= 0.3 is 0 Å². The van der Waals surface area contributed by atoms with Gasteiger partial charge in [-0.05, 0) is 12.1 Å². The molecule has 0 spiro atoms. The maximum Gasteiger partial charge on any atom is 0.154 e. The summed E-state index contributed by atoms with van der Waals surface area (Å²) in [5.41, 5.74) is 10.5. The lowest BCUT2D eigenvalue weighted by atomic mass is 10.1. The number of nitrogens with zero attached hydrogens (tertiary/aromatic N) is 1. The van der Waals surface area contributed by atoms with Crippen LogP contribution in [-0.2, 0) is 0 Å². The highest BCUT2D eigenvalue weighted by molar-refractivity contribution is 9.10. The van der Waals surface area contributed by atoms with E-state index in [0.29, 0.717) is 5.70 Å². The van der Waals surface area contributed by atoms with Gasteiger partial charge in [-0.3, -0.25) is 5.43 Å². The Hall–Kier alpha value is -1.51. The van der Waals surface area contributed by atoms with Crippen LogP contribution < -0.4 is 16.4 Å². The quantitative estimate of drug-likeness (QED) is 0.703. The molecule has 1 aromatic rings. The Kier molecular flexibility index (Phi) is 2.39. The van der Waals surface area contributed by atoms with E-state index < -0.39 is 0 Å². The van der Waals surface area contributed by atoms with Gasteiger partial charge in [0.15, 0.2) is 5.70 Å². The molecule has 14 heavy (non-hydrogen) atoms. The monoisotopic (exact) mass is 250 g/mol. The lowest BCUT2D eigenvalue weighted by molar-refractivity contribution is 0.611. The Morgan fingerprint density at radius 3 is 2.50 bits per heavy atom. The zero-order chi connectivity index (χ0) is 9.97. The van der Waals surface area contributed by atoms with Crippen LogP contribution in [0.5, 0.6) is 0 Å². The van der Waals surface area contributed by atoms with Gasteiger partial charge in [0, 0.05) is 10.0 Å². The number of halogens is 1. The van der Waals surface area contributed by atoms with Crippen molar-refractivity contribution in [3.8, 4) is 6.07 Å². The van der Waals surface area contributed by atoms with Crippen molar-refractivity contribution >= 4 is 21.6 Å². The van der Waals surface area contributed by atoms with E-state index in [1.165, 1.54) is 0 Å². The topological polar surface area (TPSA) is 59.9 Å². The van der Waals surface area contributed by atoms with E-state index in [-0.39, 0.29) is 0 Å². The van der Waals surface area contributed by atoms with Crippen LogP contribution in [0.15, 0.2) is 34.4 Å². The summed E-state index contributed by atoms with van der Waals surface area (Å²) in [6, 6.07) is 9.77. The number of nitriles is 1. The molecule has 0 aromatic heterocycles. The van der Waals surface area contributed by atoms with E-state index in [9.17, 15) is 0 Å². The third-order valence-electron chi connectivity index (χ3n) is 1.87. The SMILES string of the molecule is N#CC1=C(c2ccc(Br)cc2)NNN1. The second kappa shape index (κ2) is 3.70. The molecule has 5 heteroatoms. The predicted octanol–water partition coefficient (Wildman–Crippen LogP) is 1.25. The summed E-state index contributed by atoms with van der Waals surface area (Å²) >= 11 is 3.35. The molecule has 0 radical (unpaired) electrons. The van der Waals surface area contributed by atoms with Crippen molar-refractivity contribution in [3.63, 3.8) is 0 Å². The third-order valence-corrected chi connectivity index (χ3v) is 2.40. The van der Waals surface area contributed by atoms with E-state index in [1.54, 1.807) is 0 Å². The summed E-state index contributed by atoms with van der Waals surface area (Å²) in [5, 5.41) is 8.79. The number of nitrogens with one attached hydrogen (secondary N) is 3. The smallest absolute Gasteiger partial charge is 0.154 e. The Morgan fingerprint density at radius 1 is 1.14 bits per heavy atom. The third kappa shape index (κ3) is 1.58. The lowest BCUT2D eigenvalue weighted by Crippen LogP contribution is -2.32. The molecule has 0 saturated heterocycles. The molecule has 2 rings (SSSR count). The Morgan fingerprint density at radius 2 is 1.86 bits per heavy atom. The van der Waals surface area contributed by atoms with Crippen LogP contribution in [0, 0.1) is 11.3 Å². The molecule has 0 unspecified atom stereocenters. The fourth-order valence-electron chi connectivity index (χ4n) is 1.20. The summed E-state index contributed by atoms with van der Waals surface area (Å²) in [7, 11) is 0. The molecule has 1 heterocycles. The average molecular weight is 251 g/mol. The molecule has 1 aromatic carbocycles. The first-order chi connectivity index (χ1) is 6.81. The summed E-state index contributed by atoms with van der Waals surface area (Å²) in [6.45, 7) is 0. The number of hydrazine groups is 2. The molecule has 0 bridgehead atoms. The Bertz CT molecular complexity index is 415. The maximum atomic E-state index is 8.79. The molecule has 0 aliphatic carbocycles. The minimum absolute atomic E-state index is 0.493. The predicted molar refractivity (Wildman–Crippen MR) is 56.1 cm³/mol. The van der Waals surface area contributed by atoms with Crippen molar-refractivity contribution in [3.05, 3.63) is 40.0 Å². The molecule has 0 atom stereocenters. The molecular formula is C9H7BrN4. The van der Waals surface area contributed by atoms with Crippen molar-refractivity contribution in [2.75, 3.05) is 0 Å². The number of hydrogen-bond donors (Lipinski definition) is 3. The first-order valence-corrected chi connectivity index (χ1v) is 4.78. The first kappa shape index (κ1) is 9.06. The molecule has 0 fully saturated rings. The normalized spacial score (nSPS) is 14.6. The highest BCUT2D eigenvalue weighted by Crippen LogP contribution is 2.18. The molecular weight excluding hydrogens is 244 g/mol. The van der Waals surface area contributed by atoms with E-state index >= 15 is 0 Å². The second-order valence-corrected chi connectivity index (χ2v) is 3.66. The zero-order valence-electron chi connectivity index (χ0n) is 7.13.